The van der Waals surface area contributed by atoms with Crippen molar-refractivity contribution in [3.63, 3.8) is 0 Å². The average molecular weight is 282 g/mol. The van der Waals surface area contributed by atoms with Gasteiger partial charge in [-0.3, -0.25) is 4.72 Å². The molecule has 0 spiro atoms. The minimum atomic E-state index is -3.23. The molecule has 0 atom stereocenters. The number of thiophene rings is 1. The molecule has 0 unspecified atom stereocenters. The number of rotatable bonds is 5. The first kappa shape index (κ1) is 12.9. The third-order valence-electron chi connectivity index (χ3n) is 2.24. The second-order valence-electron chi connectivity index (χ2n) is 3.94. The van der Waals surface area contributed by atoms with Crippen molar-refractivity contribution in [3.8, 4) is 0 Å². The Morgan fingerprint density at radius 3 is 2.67 bits per heavy atom. The lowest BCUT2D eigenvalue weighted by Crippen LogP contribution is -2.09. The monoisotopic (exact) mass is 282 g/mol. The summed E-state index contributed by atoms with van der Waals surface area (Å²) in [5.74, 6) is 0. The highest BCUT2D eigenvalue weighted by molar-refractivity contribution is 7.92. The average Bonchev–Trinajstić information content (AvgIpc) is 2.77. The second-order valence-corrected chi connectivity index (χ2v) is 6.47. The van der Waals surface area contributed by atoms with Crippen LogP contribution < -0.4 is 10.0 Å². The van der Waals surface area contributed by atoms with Crippen LogP contribution in [-0.4, -0.2) is 14.7 Å². The Hall–Kier alpha value is -1.53. The van der Waals surface area contributed by atoms with Gasteiger partial charge in [0, 0.05) is 12.2 Å². The first-order chi connectivity index (χ1) is 8.53. The zero-order valence-electron chi connectivity index (χ0n) is 9.88. The maximum atomic E-state index is 11.1. The SMILES string of the molecule is CS(=O)(=O)Nc1cccc(NCc2ccsc2)c1. The van der Waals surface area contributed by atoms with E-state index in [9.17, 15) is 8.42 Å². The van der Waals surface area contributed by atoms with Gasteiger partial charge in [-0.2, -0.15) is 11.3 Å². The molecule has 2 aromatic rings. The molecule has 0 saturated heterocycles. The van der Waals surface area contributed by atoms with Gasteiger partial charge < -0.3 is 5.32 Å². The molecule has 0 radical (unpaired) electrons. The Balaban J connectivity index is 2.03. The largest absolute Gasteiger partial charge is 0.381 e. The molecule has 6 heteroatoms. The van der Waals surface area contributed by atoms with Crippen LogP contribution in [0.15, 0.2) is 41.1 Å². The zero-order chi connectivity index (χ0) is 13.0. The van der Waals surface area contributed by atoms with Crippen LogP contribution in [0, 0.1) is 0 Å². The second kappa shape index (κ2) is 5.41. The van der Waals surface area contributed by atoms with Gasteiger partial charge in [0.25, 0.3) is 0 Å². The summed E-state index contributed by atoms with van der Waals surface area (Å²) in [7, 11) is -3.23. The summed E-state index contributed by atoms with van der Waals surface area (Å²) in [6.45, 7) is 0.728. The fourth-order valence-electron chi connectivity index (χ4n) is 1.50. The minimum Gasteiger partial charge on any atom is -0.381 e. The van der Waals surface area contributed by atoms with E-state index in [4.69, 9.17) is 0 Å². The topological polar surface area (TPSA) is 58.2 Å². The molecular formula is C12H14N2O2S2. The van der Waals surface area contributed by atoms with Crippen LogP contribution in [0.3, 0.4) is 0 Å². The van der Waals surface area contributed by atoms with Gasteiger partial charge in [0.1, 0.15) is 0 Å². The fraction of sp³-hybridized carbons (Fsp3) is 0.167. The van der Waals surface area contributed by atoms with Crippen molar-refractivity contribution in [2.75, 3.05) is 16.3 Å². The van der Waals surface area contributed by atoms with E-state index in [-0.39, 0.29) is 0 Å². The minimum absolute atomic E-state index is 0.563. The summed E-state index contributed by atoms with van der Waals surface area (Å²) in [4.78, 5) is 0. The van der Waals surface area contributed by atoms with E-state index in [0.29, 0.717) is 5.69 Å². The zero-order valence-corrected chi connectivity index (χ0v) is 11.5. The van der Waals surface area contributed by atoms with Crippen molar-refractivity contribution in [2.45, 2.75) is 6.54 Å². The van der Waals surface area contributed by atoms with Gasteiger partial charge >= 0.3 is 0 Å². The summed E-state index contributed by atoms with van der Waals surface area (Å²) in [5, 5.41) is 7.35. The Morgan fingerprint density at radius 2 is 2.00 bits per heavy atom. The molecule has 0 aliphatic heterocycles. The van der Waals surface area contributed by atoms with Crippen LogP contribution in [-0.2, 0) is 16.6 Å². The van der Waals surface area contributed by atoms with E-state index >= 15 is 0 Å². The standard InChI is InChI=1S/C12H14N2O2S2/c1-18(15,16)14-12-4-2-3-11(7-12)13-8-10-5-6-17-9-10/h2-7,9,13-14H,8H2,1H3. The maximum Gasteiger partial charge on any atom is 0.229 e. The van der Waals surface area contributed by atoms with E-state index in [0.717, 1.165) is 18.5 Å². The van der Waals surface area contributed by atoms with Crippen molar-refractivity contribution >= 4 is 32.7 Å². The highest BCUT2D eigenvalue weighted by Crippen LogP contribution is 2.17. The molecule has 2 rings (SSSR count). The first-order valence-corrected chi connectivity index (χ1v) is 8.19. The molecule has 1 heterocycles. The van der Waals surface area contributed by atoms with Crippen LogP contribution in [0.4, 0.5) is 11.4 Å². The van der Waals surface area contributed by atoms with Crippen LogP contribution in [0.5, 0.6) is 0 Å². The molecule has 4 nitrogen and oxygen atoms in total. The molecule has 0 fully saturated rings. The predicted octanol–water partition coefficient (Wildman–Crippen LogP) is 2.73. The van der Waals surface area contributed by atoms with E-state index < -0.39 is 10.0 Å². The van der Waals surface area contributed by atoms with E-state index in [1.807, 2.05) is 17.5 Å². The molecule has 18 heavy (non-hydrogen) atoms. The summed E-state index contributed by atoms with van der Waals surface area (Å²) in [6, 6.07) is 9.25. The van der Waals surface area contributed by atoms with Crippen LogP contribution in [0.1, 0.15) is 5.56 Å². The van der Waals surface area contributed by atoms with Crippen molar-refractivity contribution in [3.05, 3.63) is 46.7 Å². The lowest BCUT2D eigenvalue weighted by molar-refractivity contribution is 0.607. The van der Waals surface area contributed by atoms with Gasteiger partial charge in [0.2, 0.25) is 10.0 Å². The lowest BCUT2D eigenvalue weighted by atomic mass is 10.2. The molecule has 1 aromatic heterocycles. The number of sulfonamides is 1. The molecule has 2 N–H and O–H groups in total. The Labute approximate surface area is 111 Å². The van der Waals surface area contributed by atoms with Gasteiger partial charge in [-0.1, -0.05) is 6.07 Å². The predicted molar refractivity (Wildman–Crippen MR) is 76.6 cm³/mol. The van der Waals surface area contributed by atoms with Gasteiger partial charge in [-0.15, -0.1) is 0 Å². The summed E-state index contributed by atoms with van der Waals surface area (Å²) < 4.78 is 24.7. The number of hydrogen-bond acceptors (Lipinski definition) is 4. The molecule has 0 aliphatic carbocycles. The number of nitrogens with one attached hydrogen (secondary N) is 2. The number of hydrogen-bond donors (Lipinski definition) is 2. The van der Waals surface area contributed by atoms with Crippen LogP contribution in [0.2, 0.25) is 0 Å². The van der Waals surface area contributed by atoms with Gasteiger partial charge in [0.15, 0.2) is 0 Å². The fourth-order valence-corrected chi connectivity index (χ4v) is 2.73. The summed E-state index contributed by atoms with van der Waals surface area (Å²) in [6.07, 6.45) is 1.14. The Kier molecular flexibility index (Phi) is 3.88. The maximum absolute atomic E-state index is 11.1. The first-order valence-electron chi connectivity index (χ1n) is 5.36. The molecule has 1 aromatic carbocycles. The Morgan fingerprint density at radius 1 is 1.22 bits per heavy atom. The van der Waals surface area contributed by atoms with Crippen molar-refractivity contribution < 1.29 is 8.42 Å². The van der Waals surface area contributed by atoms with Crippen LogP contribution in [0.25, 0.3) is 0 Å². The third kappa shape index (κ3) is 4.05. The van der Waals surface area contributed by atoms with Gasteiger partial charge in [-0.05, 0) is 40.6 Å². The van der Waals surface area contributed by atoms with Crippen molar-refractivity contribution in [1.82, 2.24) is 0 Å². The van der Waals surface area contributed by atoms with E-state index in [1.54, 1.807) is 23.5 Å². The smallest absolute Gasteiger partial charge is 0.229 e. The van der Waals surface area contributed by atoms with E-state index in [2.05, 4.69) is 21.5 Å². The van der Waals surface area contributed by atoms with Gasteiger partial charge in [0.05, 0.1) is 11.9 Å². The molecule has 96 valence electrons. The van der Waals surface area contributed by atoms with Crippen LogP contribution >= 0.6 is 11.3 Å². The third-order valence-corrected chi connectivity index (χ3v) is 3.58. The Bertz CT molecular complexity index is 607. The molecule has 0 bridgehead atoms. The molecule has 0 saturated carbocycles. The molecular weight excluding hydrogens is 268 g/mol. The van der Waals surface area contributed by atoms with Crippen molar-refractivity contribution in [2.24, 2.45) is 0 Å². The number of benzene rings is 1. The van der Waals surface area contributed by atoms with E-state index in [1.165, 1.54) is 5.56 Å². The highest BCUT2D eigenvalue weighted by atomic mass is 32.2. The molecule has 0 amide bonds. The highest BCUT2D eigenvalue weighted by Gasteiger charge is 2.02. The normalized spacial score (nSPS) is 11.2. The quantitative estimate of drug-likeness (QED) is 0.886. The lowest BCUT2D eigenvalue weighted by Gasteiger charge is -2.08. The summed E-state index contributed by atoms with van der Waals surface area (Å²) >= 11 is 1.65. The molecule has 0 aliphatic rings. The number of anilines is 2. The van der Waals surface area contributed by atoms with Crippen molar-refractivity contribution in [1.29, 1.82) is 0 Å². The summed E-state index contributed by atoms with van der Waals surface area (Å²) in [5.41, 5.74) is 2.66. The van der Waals surface area contributed by atoms with Gasteiger partial charge in [-0.25, -0.2) is 8.42 Å².